The summed E-state index contributed by atoms with van der Waals surface area (Å²) in [5.41, 5.74) is 0.482. The number of fused-ring (bicyclic) bond motifs is 1. The molecule has 1 heterocycles. The third-order valence-corrected chi connectivity index (χ3v) is 2.02. The van der Waals surface area contributed by atoms with E-state index >= 15 is 0 Å². The molecule has 0 unspecified atom stereocenters. The lowest BCUT2D eigenvalue weighted by Gasteiger charge is -2.02. The van der Waals surface area contributed by atoms with Crippen LogP contribution in [0.5, 0.6) is 0 Å². The summed E-state index contributed by atoms with van der Waals surface area (Å²) in [6.45, 7) is 0. The van der Waals surface area contributed by atoms with Crippen LogP contribution in [0.25, 0.3) is 10.9 Å². The van der Waals surface area contributed by atoms with Gasteiger partial charge in [0, 0.05) is 5.39 Å². The van der Waals surface area contributed by atoms with Crippen molar-refractivity contribution in [1.82, 2.24) is 9.97 Å². The number of carboxylic acids is 1. The van der Waals surface area contributed by atoms with Crippen LogP contribution in [-0.4, -0.2) is 21.0 Å². The van der Waals surface area contributed by atoms with E-state index in [-0.39, 0.29) is 11.9 Å². The fraction of sp³-hybridized carbons (Fsp3) is 0.100. The van der Waals surface area contributed by atoms with E-state index in [1.807, 2.05) is 0 Å². The molecule has 1 aromatic heterocycles. The highest BCUT2D eigenvalue weighted by Crippen LogP contribution is 2.17. The molecule has 0 spiro atoms. The van der Waals surface area contributed by atoms with Crippen LogP contribution in [0.2, 0.25) is 0 Å². The zero-order chi connectivity index (χ0) is 10.8. The zero-order valence-corrected chi connectivity index (χ0v) is 7.64. The molecule has 0 saturated carbocycles. The van der Waals surface area contributed by atoms with E-state index in [0.29, 0.717) is 11.1 Å². The molecule has 0 aliphatic heterocycles. The highest BCUT2D eigenvalue weighted by molar-refractivity contribution is 5.84. The van der Waals surface area contributed by atoms with Gasteiger partial charge in [0.25, 0.3) is 0 Å². The highest BCUT2D eigenvalue weighted by Gasteiger charge is 2.09. The summed E-state index contributed by atoms with van der Waals surface area (Å²) in [5.74, 6) is -1.47. The Kier molecular flexibility index (Phi) is 2.29. The first-order valence-electron chi connectivity index (χ1n) is 4.28. The van der Waals surface area contributed by atoms with Crippen LogP contribution >= 0.6 is 0 Å². The van der Waals surface area contributed by atoms with Crippen molar-refractivity contribution in [2.45, 2.75) is 6.42 Å². The Morgan fingerprint density at radius 2 is 2.20 bits per heavy atom. The molecular weight excluding hydrogens is 199 g/mol. The van der Waals surface area contributed by atoms with Crippen molar-refractivity contribution in [3.63, 3.8) is 0 Å². The second-order valence-corrected chi connectivity index (χ2v) is 3.03. The van der Waals surface area contributed by atoms with E-state index in [2.05, 4.69) is 9.97 Å². The number of aromatic nitrogens is 2. The highest BCUT2D eigenvalue weighted by atomic mass is 19.1. The van der Waals surface area contributed by atoms with Gasteiger partial charge in [-0.15, -0.1) is 0 Å². The molecular formula is C10H7FN2O2. The molecule has 0 aliphatic carbocycles. The van der Waals surface area contributed by atoms with Crippen LogP contribution in [0, 0.1) is 5.82 Å². The number of halogens is 1. The number of hydrogen-bond acceptors (Lipinski definition) is 3. The van der Waals surface area contributed by atoms with Gasteiger partial charge in [-0.25, -0.2) is 14.4 Å². The van der Waals surface area contributed by atoms with Gasteiger partial charge in [-0.2, -0.15) is 0 Å². The van der Waals surface area contributed by atoms with Gasteiger partial charge >= 0.3 is 5.97 Å². The summed E-state index contributed by atoms with van der Waals surface area (Å²) in [7, 11) is 0. The van der Waals surface area contributed by atoms with Crippen molar-refractivity contribution in [2.24, 2.45) is 0 Å². The maximum atomic E-state index is 13.3. The number of carbonyl (C=O) groups is 1. The molecule has 2 aromatic rings. The number of aliphatic carboxylic acids is 1. The summed E-state index contributed by atoms with van der Waals surface area (Å²) in [5, 5.41) is 9.09. The fourth-order valence-electron chi connectivity index (χ4n) is 1.39. The number of carboxylic acid groups (broad SMARTS) is 1. The van der Waals surface area contributed by atoms with Crippen molar-refractivity contribution in [3.8, 4) is 0 Å². The van der Waals surface area contributed by atoms with Crippen LogP contribution in [0.1, 0.15) is 5.69 Å². The number of hydrogen-bond donors (Lipinski definition) is 1. The Hall–Kier alpha value is -2.04. The SMILES string of the molecule is O=C(O)Cc1ncnc2c(F)cccc12. The molecule has 4 nitrogen and oxygen atoms in total. The predicted octanol–water partition coefficient (Wildman–Crippen LogP) is 1.40. The third kappa shape index (κ3) is 1.76. The van der Waals surface area contributed by atoms with Crippen molar-refractivity contribution in [2.75, 3.05) is 0 Å². The van der Waals surface area contributed by atoms with Crippen LogP contribution in [0.15, 0.2) is 24.5 Å². The van der Waals surface area contributed by atoms with Gasteiger partial charge in [-0.05, 0) is 6.07 Å². The van der Waals surface area contributed by atoms with E-state index < -0.39 is 11.8 Å². The Morgan fingerprint density at radius 1 is 1.40 bits per heavy atom. The standard InChI is InChI=1S/C10H7FN2O2/c11-7-3-1-2-6-8(4-9(14)15)12-5-13-10(6)7/h1-3,5H,4H2,(H,14,15). The Morgan fingerprint density at radius 3 is 2.93 bits per heavy atom. The van der Waals surface area contributed by atoms with Gasteiger partial charge in [-0.3, -0.25) is 4.79 Å². The Balaban J connectivity index is 2.65. The third-order valence-electron chi connectivity index (χ3n) is 2.02. The lowest BCUT2D eigenvalue weighted by Crippen LogP contribution is -2.04. The van der Waals surface area contributed by atoms with Gasteiger partial charge in [0.15, 0.2) is 0 Å². The number of para-hydroxylation sites is 1. The average Bonchev–Trinajstić information content (AvgIpc) is 2.19. The minimum absolute atomic E-state index is 0.156. The van der Waals surface area contributed by atoms with Crippen LogP contribution in [0.4, 0.5) is 4.39 Å². The first kappa shape index (κ1) is 9.51. The van der Waals surface area contributed by atoms with E-state index in [1.165, 1.54) is 18.5 Å². The lowest BCUT2D eigenvalue weighted by atomic mass is 10.1. The van der Waals surface area contributed by atoms with Crippen molar-refractivity contribution < 1.29 is 14.3 Å². The van der Waals surface area contributed by atoms with Gasteiger partial charge < -0.3 is 5.11 Å². The number of nitrogens with zero attached hydrogens (tertiary/aromatic N) is 2. The molecule has 1 aromatic carbocycles. The average molecular weight is 206 g/mol. The zero-order valence-electron chi connectivity index (χ0n) is 7.64. The minimum Gasteiger partial charge on any atom is -0.481 e. The molecule has 0 radical (unpaired) electrons. The summed E-state index contributed by atoms with van der Waals surface area (Å²) in [6.07, 6.45) is 0.937. The van der Waals surface area contributed by atoms with Crippen molar-refractivity contribution in [3.05, 3.63) is 36.0 Å². The molecule has 5 heteroatoms. The van der Waals surface area contributed by atoms with Crippen molar-refractivity contribution >= 4 is 16.9 Å². The summed E-state index contributed by atoms with van der Waals surface area (Å²) < 4.78 is 13.3. The van der Waals surface area contributed by atoms with E-state index in [0.717, 1.165) is 0 Å². The first-order chi connectivity index (χ1) is 7.18. The minimum atomic E-state index is -1.00. The van der Waals surface area contributed by atoms with Crippen LogP contribution < -0.4 is 0 Å². The number of benzene rings is 1. The van der Waals surface area contributed by atoms with Gasteiger partial charge in [0.2, 0.25) is 0 Å². The predicted molar refractivity (Wildman–Crippen MR) is 50.8 cm³/mol. The van der Waals surface area contributed by atoms with Gasteiger partial charge in [0.1, 0.15) is 17.7 Å². The quantitative estimate of drug-likeness (QED) is 0.806. The summed E-state index contributed by atoms with van der Waals surface area (Å²) in [4.78, 5) is 18.1. The van der Waals surface area contributed by atoms with Crippen molar-refractivity contribution in [1.29, 1.82) is 0 Å². The smallest absolute Gasteiger partial charge is 0.309 e. The van der Waals surface area contributed by atoms with E-state index in [4.69, 9.17) is 5.11 Å². The lowest BCUT2D eigenvalue weighted by molar-refractivity contribution is -0.136. The molecule has 0 amide bonds. The second kappa shape index (κ2) is 3.61. The summed E-state index contributed by atoms with van der Waals surface area (Å²) in [6, 6.07) is 4.39. The fourth-order valence-corrected chi connectivity index (χ4v) is 1.39. The Labute approximate surface area is 84.4 Å². The molecule has 2 rings (SSSR count). The van der Waals surface area contributed by atoms with Gasteiger partial charge in [-0.1, -0.05) is 12.1 Å². The molecule has 0 atom stereocenters. The molecule has 76 valence electrons. The molecule has 0 saturated heterocycles. The maximum absolute atomic E-state index is 13.3. The molecule has 1 N–H and O–H groups in total. The molecule has 0 bridgehead atoms. The monoisotopic (exact) mass is 206 g/mol. The van der Waals surface area contributed by atoms with Crippen LogP contribution in [-0.2, 0) is 11.2 Å². The van der Waals surface area contributed by atoms with E-state index in [9.17, 15) is 9.18 Å². The van der Waals surface area contributed by atoms with Crippen LogP contribution in [0.3, 0.4) is 0 Å². The normalized spacial score (nSPS) is 10.5. The number of rotatable bonds is 2. The summed E-state index contributed by atoms with van der Waals surface area (Å²) >= 11 is 0. The molecule has 0 aliphatic rings. The first-order valence-corrected chi connectivity index (χ1v) is 4.28. The van der Waals surface area contributed by atoms with E-state index in [1.54, 1.807) is 6.07 Å². The van der Waals surface area contributed by atoms with Gasteiger partial charge in [0.05, 0.1) is 12.1 Å². The topological polar surface area (TPSA) is 63.1 Å². The molecule has 15 heavy (non-hydrogen) atoms. The largest absolute Gasteiger partial charge is 0.481 e. The maximum Gasteiger partial charge on any atom is 0.309 e. The Bertz CT molecular complexity index is 528. The second-order valence-electron chi connectivity index (χ2n) is 3.03. The molecule has 0 fully saturated rings.